The number of hydrogen-bond donors (Lipinski definition) is 1. The van der Waals surface area contributed by atoms with Gasteiger partial charge in [-0.1, -0.05) is 0 Å². The first-order valence-corrected chi connectivity index (χ1v) is 6.49. The quantitative estimate of drug-likeness (QED) is 0.850. The second kappa shape index (κ2) is 5.05. The van der Waals surface area contributed by atoms with Gasteiger partial charge < -0.3 is 5.73 Å². The van der Waals surface area contributed by atoms with Crippen LogP contribution in [0.1, 0.15) is 23.5 Å². The largest absolute Gasteiger partial charge is 0.330 e. The Balaban J connectivity index is 1.82. The number of rotatable bonds is 3. The highest BCUT2D eigenvalue weighted by molar-refractivity contribution is 7.09. The molecule has 0 bridgehead atoms. The average molecular weight is 225 g/mol. The van der Waals surface area contributed by atoms with Crippen LogP contribution in [0.25, 0.3) is 0 Å². The summed E-state index contributed by atoms with van der Waals surface area (Å²) in [5.74, 6) is 0.749. The molecule has 4 heteroatoms. The molecule has 0 radical (unpaired) electrons. The molecule has 1 aromatic rings. The van der Waals surface area contributed by atoms with Gasteiger partial charge in [0.15, 0.2) is 0 Å². The van der Waals surface area contributed by atoms with Crippen molar-refractivity contribution < 1.29 is 0 Å². The molecule has 2 rings (SSSR count). The Kier molecular flexibility index (Phi) is 3.72. The minimum absolute atomic E-state index is 0.749. The fourth-order valence-electron chi connectivity index (χ4n) is 2.05. The number of likely N-dealkylation sites (tertiary alicyclic amines) is 1. The van der Waals surface area contributed by atoms with Crippen molar-refractivity contribution >= 4 is 11.3 Å². The zero-order chi connectivity index (χ0) is 10.7. The van der Waals surface area contributed by atoms with Crippen molar-refractivity contribution in [2.24, 2.45) is 11.7 Å². The van der Waals surface area contributed by atoms with Crippen LogP contribution in [0.3, 0.4) is 0 Å². The Labute approximate surface area is 95.3 Å². The van der Waals surface area contributed by atoms with E-state index in [9.17, 15) is 0 Å². The lowest BCUT2D eigenvalue weighted by atomic mass is 9.97. The molecule has 0 aliphatic carbocycles. The number of thiazole rings is 1. The molecule has 1 aliphatic heterocycles. The lowest BCUT2D eigenvalue weighted by molar-refractivity contribution is 0.180. The molecular formula is C11H19N3S. The molecule has 2 N–H and O–H groups in total. The maximum absolute atomic E-state index is 5.68. The second-order valence-corrected chi connectivity index (χ2v) is 5.28. The topological polar surface area (TPSA) is 42.1 Å². The molecule has 15 heavy (non-hydrogen) atoms. The third-order valence-corrected chi connectivity index (χ3v) is 4.02. The number of aromatic nitrogens is 1. The van der Waals surface area contributed by atoms with Crippen molar-refractivity contribution in [1.82, 2.24) is 9.88 Å². The van der Waals surface area contributed by atoms with E-state index >= 15 is 0 Å². The van der Waals surface area contributed by atoms with Gasteiger partial charge >= 0.3 is 0 Å². The van der Waals surface area contributed by atoms with Crippen molar-refractivity contribution in [3.63, 3.8) is 0 Å². The first-order chi connectivity index (χ1) is 7.28. The molecule has 84 valence electrons. The van der Waals surface area contributed by atoms with Crippen LogP contribution in [0.5, 0.6) is 0 Å². The highest BCUT2D eigenvalue weighted by atomic mass is 32.1. The van der Waals surface area contributed by atoms with Gasteiger partial charge in [0.05, 0.1) is 6.54 Å². The van der Waals surface area contributed by atoms with Gasteiger partial charge in [0.2, 0.25) is 0 Å². The summed E-state index contributed by atoms with van der Waals surface area (Å²) >= 11 is 1.77. The Morgan fingerprint density at radius 1 is 1.53 bits per heavy atom. The molecule has 1 saturated heterocycles. The minimum atomic E-state index is 0.749. The summed E-state index contributed by atoms with van der Waals surface area (Å²) in [6.45, 7) is 6.29. The predicted molar refractivity (Wildman–Crippen MR) is 63.9 cm³/mol. The van der Waals surface area contributed by atoms with Crippen LogP contribution in [0.4, 0.5) is 0 Å². The van der Waals surface area contributed by atoms with E-state index in [1.165, 1.54) is 30.9 Å². The van der Waals surface area contributed by atoms with Crippen molar-refractivity contribution in [1.29, 1.82) is 0 Å². The number of nitrogens with zero attached hydrogens (tertiary/aromatic N) is 2. The molecule has 1 aliphatic rings. The van der Waals surface area contributed by atoms with E-state index in [2.05, 4.69) is 22.2 Å². The summed E-state index contributed by atoms with van der Waals surface area (Å²) in [5.41, 5.74) is 6.82. The fraction of sp³-hybridized carbons (Fsp3) is 0.727. The van der Waals surface area contributed by atoms with Crippen LogP contribution >= 0.6 is 11.3 Å². The molecule has 0 saturated carbocycles. The molecule has 1 fully saturated rings. The van der Waals surface area contributed by atoms with Crippen LogP contribution in [0, 0.1) is 12.8 Å². The summed E-state index contributed by atoms with van der Waals surface area (Å²) < 4.78 is 0. The number of piperidine rings is 1. The highest BCUT2D eigenvalue weighted by Gasteiger charge is 2.18. The van der Waals surface area contributed by atoms with E-state index in [-0.39, 0.29) is 0 Å². The molecule has 2 heterocycles. The van der Waals surface area contributed by atoms with Gasteiger partial charge in [-0.15, -0.1) is 11.3 Å². The van der Waals surface area contributed by atoms with E-state index in [1.54, 1.807) is 11.3 Å². The van der Waals surface area contributed by atoms with Crippen LogP contribution < -0.4 is 5.73 Å². The maximum atomic E-state index is 5.68. The molecule has 0 spiro atoms. The molecule has 3 nitrogen and oxygen atoms in total. The van der Waals surface area contributed by atoms with E-state index in [4.69, 9.17) is 5.73 Å². The third-order valence-electron chi connectivity index (χ3n) is 3.07. The summed E-state index contributed by atoms with van der Waals surface area (Å²) in [5, 5.41) is 3.38. The standard InChI is InChI=1S/C11H19N3S/c1-9-8-15-11(13-9)7-14-4-2-10(6-12)3-5-14/h8,10H,2-7,12H2,1H3. The second-order valence-electron chi connectivity index (χ2n) is 4.34. The molecule has 0 aromatic carbocycles. The number of hydrogen-bond acceptors (Lipinski definition) is 4. The third kappa shape index (κ3) is 3.00. The summed E-state index contributed by atoms with van der Waals surface area (Å²) in [6, 6.07) is 0. The Morgan fingerprint density at radius 2 is 2.27 bits per heavy atom. The number of aryl methyl sites for hydroxylation is 1. The molecular weight excluding hydrogens is 206 g/mol. The zero-order valence-electron chi connectivity index (χ0n) is 9.28. The Hall–Kier alpha value is -0.450. The molecule has 0 unspecified atom stereocenters. The highest BCUT2D eigenvalue weighted by Crippen LogP contribution is 2.19. The van der Waals surface area contributed by atoms with Crippen LogP contribution in [0.2, 0.25) is 0 Å². The van der Waals surface area contributed by atoms with E-state index in [1.807, 2.05) is 0 Å². The molecule has 0 amide bonds. The van der Waals surface area contributed by atoms with E-state index in [0.717, 1.165) is 24.7 Å². The van der Waals surface area contributed by atoms with Crippen molar-refractivity contribution in [2.75, 3.05) is 19.6 Å². The summed E-state index contributed by atoms with van der Waals surface area (Å²) in [4.78, 5) is 6.99. The minimum Gasteiger partial charge on any atom is -0.330 e. The van der Waals surface area contributed by atoms with Gasteiger partial charge in [-0.05, 0) is 45.3 Å². The van der Waals surface area contributed by atoms with Crippen molar-refractivity contribution in [3.05, 3.63) is 16.1 Å². The molecule has 1 aromatic heterocycles. The van der Waals surface area contributed by atoms with E-state index < -0.39 is 0 Å². The monoisotopic (exact) mass is 225 g/mol. The van der Waals surface area contributed by atoms with Gasteiger partial charge in [0.25, 0.3) is 0 Å². The predicted octanol–water partition coefficient (Wildman–Crippen LogP) is 1.62. The Bertz CT molecular complexity index is 303. The van der Waals surface area contributed by atoms with Crippen LogP contribution in [-0.4, -0.2) is 29.5 Å². The number of nitrogens with two attached hydrogens (primary N) is 1. The Morgan fingerprint density at radius 3 is 2.80 bits per heavy atom. The summed E-state index contributed by atoms with van der Waals surface area (Å²) in [7, 11) is 0. The lowest BCUT2D eigenvalue weighted by Crippen LogP contribution is -2.35. The van der Waals surface area contributed by atoms with E-state index in [0.29, 0.717) is 0 Å². The van der Waals surface area contributed by atoms with Gasteiger partial charge in [-0.2, -0.15) is 0 Å². The summed E-state index contributed by atoms with van der Waals surface area (Å²) in [6.07, 6.45) is 2.50. The first-order valence-electron chi connectivity index (χ1n) is 5.61. The van der Waals surface area contributed by atoms with Crippen LogP contribution in [-0.2, 0) is 6.54 Å². The average Bonchev–Trinajstić information content (AvgIpc) is 2.65. The smallest absolute Gasteiger partial charge is 0.107 e. The normalized spacial score (nSPS) is 19.6. The SMILES string of the molecule is Cc1csc(CN2CCC(CN)CC2)n1. The van der Waals surface area contributed by atoms with Gasteiger partial charge in [-0.3, -0.25) is 4.90 Å². The molecule has 0 atom stereocenters. The van der Waals surface area contributed by atoms with Gasteiger partial charge in [0, 0.05) is 11.1 Å². The lowest BCUT2D eigenvalue weighted by Gasteiger charge is -2.30. The van der Waals surface area contributed by atoms with Gasteiger partial charge in [-0.25, -0.2) is 4.98 Å². The first kappa shape index (κ1) is 11.0. The van der Waals surface area contributed by atoms with Crippen molar-refractivity contribution in [3.8, 4) is 0 Å². The fourth-order valence-corrected chi connectivity index (χ4v) is 2.86. The maximum Gasteiger partial charge on any atom is 0.107 e. The van der Waals surface area contributed by atoms with Gasteiger partial charge in [0.1, 0.15) is 5.01 Å². The van der Waals surface area contributed by atoms with Crippen molar-refractivity contribution in [2.45, 2.75) is 26.3 Å². The zero-order valence-corrected chi connectivity index (χ0v) is 10.1. The van der Waals surface area contributed by atoms with Crippen LogP contribution in [0.15, 0.2) is 5.38 Å².